The van der Waals surface area contributed by atoms with Gasteiger partial charge in [-0.1, -0.05) is 0 Å². The van der Waals surface area contributed by atoms with E-state index in [9.17, 15) is 4.79 Å². The van der Waals surface area contributed by atoms with Gasteiger partial charge < -0.3 is 4.74 Å². The molecule has 4 aliphatic rings. The minimum Gasteiger partial charge on any atom is -0.462 e. The molecule has 0 radical (unpaired) electrons. The second kappa shape index (κ2) is 5.16. The molecule has 4 heterocycles. The molecule has 0 saturated carbocycles. The predicted octanol–water partition coefficient (Wildman–Crippen LogP) is -0.241. The summed E-state index contributed by atoms with van der Waals surface area (Å²) in [4.78, 5) is 20.3. The van der Waals surface area contributed by atoms with Gasteiger partial charge in [-0.15, -0.1) is 0 Å². The molecule has 0 aliphatic carbocycles. The lowest BCUT2D eigenvalue weighted by Gasteiger charge is -2.64. The van der Waals surface area contributed by atoms with Crippen LogP contribution in [-0.2, 0) is 9.53 Å². The van der Waals surface area contributed by atoms with Gasteiger partial charge in [-0.25, -0.2) is 9.69 Å². The van der Waals surface area contributed by atoms with Crippen LogP contribution in [0, 0.1) is 0 Å². The highest BCUT2D eigenvalue weighted by Crippen LogP contribution is 2.46. The molecule has 0 aromatic carbocycles. The van der Waals surface area contributed by atoms with Crippen LogP contribution in [0.3, 0.4) is 0 Å². The Balaban J connectivity index is 1.69. The van der Waals surface area contributed by atoms with Crippen LogP contribution in [0.4, 0.5) is 0 Å². The maximum Gasteiger partial charge on any atom is 0.361 e. The number of ether oxygens (including phenoxy) is 1. The highest BCUT2D eigenvalue weighted by atomic mass is 16.5. The van der Waals surface area contributed by atoms with E-state index in [-0.39, 0.29) is 11.6 Å². The molecule has 0 amide bonds. The van der Waals surface area contributed by atoms with E-state index in [1.165, 1.54) is 26.1 Å². The molecule has 0 spiro atoms. The Morgan fingerprint density at radius 3 is 2.64 bits per heavy atom. The second-order valence-corrected chi connectivity index (χ2v) is 7.44. The molecule has 124 valence electrons. The molecule has 4 saturated heterocycles. The first kappa shape index (κ1) is 14.9. The van der Waals surface area contributed by atoms with Gasteiger partial charge in [0.05, 0.1) is 26.2 Å². The molecule has 4 rings (SSSR count). The van der Waals surface area contributed by atoms with Crippen molar-refractivity contribution in [2.75, 3.05) is 65.5 Å². The Bertz CT molecular complexity index is 467. The number of carbonyl (C=O) groups is 1. The third-order valence-electron chi connectivity index (χ3n) is 6.68. The summed E-state index contributed by atoms with van der Waals surface area (Å²) in [6.07, 6.45) is 1.76. The van der Waals surface area contributed by atoms with E-state index < -0.39 is 0 Å². The van der Waals surface area contributed by atoms with Crippen molar-refractivity contribution >= 4 is 5.97 Å². The molecule has 6 heteroatoms. The monoisotopic (exact) mass is 309 g/mol. The van der Waals surface area contributed by atoms with Crippen LogP contribution in [0.1, 0.15) is 20.3 Å². The van der Waals surface area contributed by atoms with Crippen LogP contribution in [0.15, 0.2) is 0 Å². The van der Waals surface area contributed by atoms with Gasteiger partial charge in [-0.3, -0.25) is 14.3 Å². The lowest BCUT2D eigenvalue weighted by molar-refractivity contribution is -0.974. The molecule has 0 aromatic heterocycles. The Hall–Kier alpha value is -0.690. The summed E-state index contributed by atoms with van der Waals surface area (Å²) in [5, 5.41) is 0. The number of hydrogen-bond acceptors (Lipinski definition) is 5. The van der Waals surface area contributed by atoms with Crippen molar-refractivity contribution in [2.45, 2.75) is 32.1 Å². The van der Waals surface area contributed by atoms with E-state index in [1.807, 2.05) is 6.92 Å². The average Bonchev–Trinajstić information content (AvgIpc) is 2.79. The van der Waals surface area contributed by atoms with Gasteiger partial charge >= 0.3 is 5.97 Å². The van der Waals surface area contributed by atoms with Crippen LogP contribution in [0.25, 0.3) is 0 Å². The van der Waals surface area contributed by atoms with E-state index in [1.54, 1.807) is 0 Å². The van der Waals surface area contributed by atoms with Crippen LogP contribution in [0.2, 0.25) is 0 Å². The van der Waals surface area contributed by atoms with E-state index in [4.69, 9.17) is 4.74 Å². The first-order chi connectivity index (χ1) is 10.6. The molecule has 0 N–H and O–H groups in total. The van der Waals surface area contributed by atoms with Crippen LogP contribution in [-0.4, -0.2) is 102 Å². The Kier molecular flexibility index (Phi) is 3.49. The molecule has 22 heavy (non-hydrogen) atoms. The number of piperazine rings is 2. The standard InChI is InChI=1S/C16H29N4O2/c1-3-22-14(21)13-20-11-9-18-6-4-5-17-7-8-19(10-12-20)16(20,2)15(17)18/h15H,3-13H2,1-2H3/q+1/t15-,16+,20?/m0/s1. The topological polar surface area (TPSA) is 36.0 Å². The maximum absolute atomic E-state index is 12.3. The maximum atomic E-state index is 12.3. The zero-order valence-electron chi connectivity index (χ0n) is 14.0. The van der Waals surface area contributed by atoms with Crippen molar-refractivity contribution in [3.8, 4) is 0 Å². The molecular weight excluding hydrogens is 280 g/mol. The normalized spacial score (nSPS) is 42.2. The zero-order chi connectivity index (χ0) is 15.4. The van der Waals surface area contributed by atoms with E-state index in [0.29, 0.717) is 19.3 Å². The lowest BCUT2D eigenvalue weighted by atomic mass is 9.92. The number of esters is 1. The summed E-state index contributed by atoms with van der Waals surface area (Å²) >= 11 is 0. The van der Waals surface area contributed by atoms with Gasteiger partial charge in [0.1, 0.15) is 6.17 Å². The molecule has 1 unspecified atom stereocenters. The highest BCUT2D eigenvalue weighted by molar-refractivity contribution is 5.70. The number of nitrogens with zero attached hydrogens (tertiary/aromatic N) is 4. The summed E-state index contributed by atoms with van der Waals surface area (Å²) in [7, 11) is 0. The molecular formula is C16H29N4O2+. The van der Waals surface area contributed by atoms with Crippen molar-refractivity contribution in [3.63, 3.8) is 0 Å². The minimum absolute atomic E-state index is 0.0213. The molecule has 4 fully saturated rings. The van der Waals surface area contributed by atoms with Crippen molar-refractivity contribution in [1.82, 2.24) is 14.7 Å². The fraction of sp³-hybridized carbons (Fsp3) is 0.938. The first-order valence-electron chi connectivity index (χ1n) is 8.86. The summed E-state index contributed by atoms with van der Waals surface area (Å²) < 4.78 is 6.21. The first-order valence-corrected chi connectivity index (χ1v) is 8.86. The van der Waals surface area contributed by atoms with Crippen molar-refractivity contribution in [1.29, 1.82) is 0 Å². The Morgan fingerprint density at radius 2 is 1.86 bits per heavy atom. The van der Waals surface area contributed by atoms with Gasteiger partial charge in [-0.2, -0.15) is 0 Å². The number of carbonyl (C=O) groups excluding carboxylic acids is 1. The van der Waals surface area contributed by atoms with Crippen LogP contribution in [0.5, 0.6) is 0 Å². The van der Waals surface area contributed by atoms with Gasteiger partial charge in [0.25, 0.3) is 0 Å². The van der Waals surface area contributed by atoms with E-state index in [0.717, 1.165) is 37.2 Å². The van der Waals surface area contributed by atoms with E-state index >= 15 is 0 Å². The lowest BCUT2D eigenvalue weighted by Crippen LogP contribution is -2.84. The second-order valence-electron chi connectivity index (χ2n) is 7.44. The summed E-state index contributed by atoms with van der Waals surface area (Å²) in [5.74, 6) is -0.0213. The third kappa shape index (κ3) is 1.84. The molecule has 4 aliphatic heterocycles. The van der Waals surface area contributed by atoms with Crippen LogP contribution >= 0.6 is 0 Å². The smallest absolute Gasteiger partial charge is 0.361 e. The summed E-state index contributed by atoms with van der Waals surface area (Å²) in [6, 6.07) is 0. The molecule has 6 nitrogen and oxygen atoms in total. The van der Waals surface area contributed by atoms with Crippen LogP contribution < -0.4 is 0 Å². The Morgan fingerprint density at radius 1 is 1.14 bits per heavy atom. The predicted molar refractivity (Wildman–Crippen MR) is 83.0 cm³/mol. The third-order valence-corrected chi connectivity index (χ3v) is 6.68. The summed E-state index contributed by atoms with van der Waals surface area (Å²) in [5.41, 5.74) is 0.0453. The summed E-state index contributed by atoms with van der Waals surface area (Å²) in [6.45, 7) is 14.5. The SMILES string of the molecule is CCOC(=O)C[N+]12CCN3CCCN4CCN(CC1)[C@@]2(C)[C@@H]43. The van der Waals surface area contributed by atoms with Gasteiger partial charge in [-0.05, 0) is 13.3 Å². The zero-order valence-corrected chi connectivity index (χ0v) is 14.0. The van der Waals surface area contributed by atoms with Gasteiger partial charge in [0.15, 0.2) is 12.2 Å². The average molecular weight is 309 g/mol. The molecule has 0 bridgehead atoms. The quantitative estimate of drug-likeness (QED) is 0.531. The largest absolute Gasteiger partial charge is 0.462 e. The number of quaternary nitrogens is 1. The van der Waals surface area contributed by atoms with Crippen molar-refractivity contribution < 1.29 is 14.0 Å². The fourth-order valence-electron chi connectivity index (χ4n) is 5.60. The van der Waals surface area contributed by atoms with Crippen molar-refractivity contribution in [2.24, 2.45) is 0 Å². The van der Waals surface area contributed by atoms with Crippen molar-refractivity contribution in [3.05, 3.63) is 0 Å². The number of rotatable bonds is 3. The minimum atomic E-state index is -0.0213. The fourth-order valence-corrected chi connectivity index (χ4v) is 5.60. The molecule has 0 aromatic rings. The number of hydrogen-bond donors (Lipinski definition) is 0. The van der Waals surface area contributed by atoms with E-state index in [2.05, 4.69) is 21.6 Å². The van der Waals surface area contributed by atoms with Gasteiger partial charge in [0, 0.05) is 39.6 Å². The molecule has 3 atom stereocenters. The highest BCUT2D eigenvalue weighted by Gasteiger charge is 2.68. The van der Waals surface area contributed by atoms with Gasteiger partial charge in [0.2, 0.25) is 0 Å². The Labute approximate surface area is 133 Å².